The molecule has 0 aliphatic carbocycles. The number of sulfonamides is 1. The molecule has 0 fully saturated rings. The van der Waals surface area contributed by atoms with Crippen LogP contribution < -0.4 is 4.72 Å². The Morgan fingerprint density at radius 3 is 2.22 bits per heavy atom. The van der Waals surface area contributed by atoms with Crippen molar-refractivity contribution >= 4 is 61.2 Å². The second-order valence-electron chi connectivity index (χ2n) is 4.83. The fraction of sp³-hybridized carbons (Fsp3) is 0.0714. The topological polar surface area (TPSA) is 89.0 Å². The Kier molecular flexibility index (Phi) is 3.87. The summed E-state index contributed by atoms with van der Waals surface area (Å²) in [5, 5.41) is 0.710. The molecule has 0 bridgehead atoms. The van der Waals surface area contributed by atoms with Gasteiger partial charge in [0.2, 0.25) is 10.0 Å². The third-order valence-electron chi connectivity index (χ3n) is 3.05. The summed E-state index contributed by atoms with van der Waals surface area (Å²) in [4.78, 5) is 20.9. The number of carbonyl (C=O) groups excluding carboxylic acids is 1. The fourth-order valence-electron chi connectivity index (χ4n) is 2.12. The Hall–Kier alpha value is -1.96. The van der Waals surface area contributed by atoms with Crippen molar-refractivity contribution in [3.8, 4) is 0 Å². The summed E-state index contributed by atoms with van der Waals surface area (Å²) in [5.41, 5.74) is 1.48. The summed E-state index contributed by atoms with van der Waals surface area (Å²) < 4.78 is 24.4. The maximum atomic E-state index is 12.1. The summed E-state index contributed by atoms with van der Waals surface area (Å²) in [6.07, 6.45) is 0.897. The zero-order valence-corrected chi connectivity index (χ0v) is 14.0. The van der Waals surface area contributed by atoms with Gasteiger partial charge in [-0.1, -0.05) is 29.3 Å². The first-order chi connectivity index (χ1) is 10.8. The number of para-hydroxylation sites is 1. The minimum absolute atomic E-state index is 0.0818. The minimum Gasteiger partial charge on any atom is -0.268 e. The van der Waals surface area contributed by atoms with Crippen molar-refractivity contribution in [2.24, 2.45) is 0 Å². The van der Waals surface area contributed by atoms with Crippen molar-refractivity contribution in [1.82, 2.24) is 14.7 Å². The molecule has 1 aromatic heterocycles. The Labute approximate surface area is 141 Å². The quantitative estimate of drug-likeness (QED) is 0.701. The van der Waals surface area contributed by atoms with E-state index in [1.807, 2.05) is 4.72 Å². The number of halogens is 2. The Morgan fingerprint density at radius 1 is 1.00 bits per heavy atom. The molecule has 0 saturated heterocycles. The second kappa shape index (κ2) is 5.59. The summed E-state index contributed by atoms with van der Waals surface area (Å²) in [5.74, 6) is -0.787. The molecule has 0 aliphatic rings. The number of nitrogens with one attached hydrogen (secondary N) is 1. The van der Waals surface area contributed by atoms with Crippen LogP contribution in [0.2, 0.25) is 10.0 Å². The van der Waals surface area contributed by atoms with Gasteiger partial charge >= 0.3 is 0 Å². The molecule has 1 heterocycles. The van der Waals surface area contributed by atoms with Crippen LogP contribution >= 0.6 is 23.2 Å². The van der Waals surface area contributed by atoms with Crippen LogP contribution in [-0.2, 0) is 10.0 Å². The third kappa shape index (κ3) is 3.08. The molecule has 0 radical (unpaired) electrons. The Morgan fingerprint density at radius 2 is 1.61 bits per heavy atom. The molecule has 23 heavy (non-hydrogen) atoms. The largest absolute Gasteiger partial charge is 0.268 e. The van der Waals surface area contributed by atoms with Crippen molar-refractivity contribution in [3.63, 3.8) is 0 Å². The number of hydrogen-bond acceptors (Lipinski definition) is 5. The summed E-state index contributed by atoms with van der Waals surface area (Å²) >= 11 is 12.2. The van der Waals surface area contributed by atoms with Crippen LogP contribution in [0.15, 0.2) is 30.3 Å². The highest BCUT2D eigenvalue weighted by Gasteiger charge is 2.17. The van der Waals surface area contributed by atoms with Crippen LogP contribution in [-0.4, -0.2) is 30.5 Å². The average molecular weight is 370 g/mol. The molecule has 0 spiro atoms. The van der Waals surface area contributed by atoms with E-state index in [1.165, 1.54) is 6.07 Å². The van der Waals surface area contributed by atoms with Crippen molar-refractivity contribution in [2.75, 3.05) is 6.26 Å². The van der Waals surface area contributed by atoms with E-state index in [2.05, 4.69) is 9.97 Å². The van der Waals surface area contributed by atoms with Crippen molar-refractivity contribution in [2.45, 2.75) is 0 Å². The normalized spacial score (nSPS) is 11.8. The molecule has 0 saturated carbocycles. The lowest BCUT2D eigenvalue weighted by Crippen LogP contribution is -2.29. The predicted molar refractivity (Wildman–Crippen MR) is 89.4 cm³/mol. The lowest BCUT2D eigenvalue weighted by molar-refractivity contribution is 0.0983. The maximum absolute atomic E-state index is 12.1. The minimum atomic E-state index is -3.69. The van der Waals surface area contributed by atoms with Gasteiger partial charge in [-0.25, -0.2) is 23.1 Å². The summed E-state index contributed by atoms with van der Waals surface area (Å²) in [6, 6.07) is 7.87. The van der Waals surface area contributed by atoms with Crippen LogP contribution in [0.5, 0.6) is 0 Å². The third-order valence-corrected chi connectivity index (χ3v) is 4.21. The van der Waals surface area contributed by atoms with Gasteiger partial charge in [0.1, 0.15) is 16.6 Å². The van der Waals surface area contributed by atoms with Crippen LogP contribution in [0.1, 0.15) is 10.4 Å². The summed E-state index contributed by atoms with van der Waals surface area (Å²) in [6.45, 7) is 0. The van der Waals surface area contributed by atoms with Gasteiger partial charge in [-0.2, -0.15) is 0 Å². The van der Waals surface area contributed by atoms with Gasteiger partial charge in [0.15, 0.2) is 0 Å². The molecule has 2 aromatic carbocycles. The monoisotopic (exact) mass is 369 g/mol. The van der Waals surface area contributed by atoms with Crippen LogP contribution in [0.3, 0.4) is 0 Å². The predicted octanol–water partition coefficient (Wildman–Crippen LogP) is 2.78. The SMILES string of the molecule is CS(=O)(=O)NC(=O)c1cccc2nc3c(Cl)ccc(Cl)c3nc12. The first-order valence-corrected chi connectivity index (χ1v) is 8.97. The van der Waals surface area contributed by atoms with Crippen LogP contribution in [0.25, 0.3) is 22.1 Å². The summed E-state index contributed by atoms with van der Waals surface area (Å²) in [7, 11) is -3.69. The lowest BCUT2D eigenvalue weighted by atomic mass is 10.1. The first-order valence-electron chi connectivity index (χ1n) is 6.33. The molecule has 118 valence electrons. The molecule has 9 heteroatoms. The highest BCUT2D eigenvalue weighted by Crippen LogP contribution is 2.29. The van der Waals surface area contributed by atoms with E-state index in [0.29, 0.717) is 26.6 Å². The molecule has 0 aliphatic heterocycles. The zero-order valence-electron chi connectivity index (χ0n) is 11.7. The van der Waals surface area contributed by atoms with Gasteiger partial charge in [-0.15, -0.1) is 0 Å². The van der Waals surface area contributed by atoms with Gasteiger partial charge in [-0.05, 0) is 24.3 Å². The number of fused-ring (bicyclic) bond motifs is 2. The van der Waals surface area contributed by atoms with E-state index < -0.39 is 15.9 Å². The maximum Gasteiger partial charge on any atom is 0.266 e. The molecule has 0 unspecified atom stereocenters. The molecule has 3 aromatic rings. The van der Waals surface area contributed by atoms with Crippen molar-refractivity contribution in [1.29, 1.82) is 0 Å². The number of amides is 1. The molecular weight excluding hydrogens is 361 g/mol. The number of hydrogen-bond donors (Lipinski definition) is 1. The van der Waals surface area contributed by atoms with Crippen LogP contribution in [0.4, 0.5) is 0 Å². The smallest absolute Gasteiger partial charge is 0.266 e. The molecule has 6 nitrogen and oxygen atoms in total. The molecule has 3 rings (SSSR count). The van der Waals surface area contributed by atoms with E-state index in [9.17, 15) is 13.2 Å². The van der Waals surface area contributed by atoms with E-state index in [4.69, 9.17) is 23.2 Å². The van der Waals surface area contributed by atoms with Crippen molar-refractivity contribution < 1.29 is 13.2 Å². The highest BCUT2D eigenvalue weighted by molar-refractivity contribution is 7.89. The molecular formula is C14H9Cl2N3O3S. The van der Waals surface area contributed by atoms with E-state index in [0.717, 1.165) is 6.26 Å². The first kappa shape index (κ1) is 15.9. The van der Waals surface area contributed by atoms with E-state index in [-0.39, 0.29) is 11.1 Å². The van der Waals surface area contributed by atoms with Gasteiger partial charge in [0.05, 0.1) is 27.4 Å². The number of aromatic nitrogens is 2. The van der Waals surface area contributed by atoms with E-state index >= 15 is 0 Å². The van der Waals surface area contributed by atoms with Gasteiger partial charge in [0.25, 0.3) is 5.91 Å². The van der Waals surface area contributed by atoms with Gasteiger partial charge in [-0.3, -0.25) is 4.79 Å². The molecule has 1 amide bonds. The fourth-order valence-corrected chi connectivity index (χ4v) is 2.96. The van der Waals surface area contributed by atoms with Gasteiger partial charge < -0.3 is 0 Å². The average Bonchev–Trinajstić information content (AvgIpc) is 2.47. The van der Waals surface area contributed by atoms with Crippen molar-refractivity contribution in [3.05, 3.63) is 45.9 Å². The van der Waals surface area contributed by atoms with Gasteiger partial charge in [0, 0.05) is 0 Å². The standard InChI is InChI=1S/C14H9Cl2N3O3S/c1-23(21,22)19-14(20)7-3-2-4-10-11(7)18-13-9(16)6-5-8(15)12(13)17-10/h2-6H,1H3,(H,19,20). The van der Waals surface area contributed by atoms with E-state index in [1.54, 1.807) is 24.3 Å². The molecule has 1 N–H and O–H groups in total. The lowest BCUT2D eigenvalue weighted by Gasteiger charge is -2.08. The van der Waals surface area contributed by atoms with Crippen LogP contribution in [0, 0.1) is 0 Å². The Balaban J connectivity index is 2.31. The zero-order chi connectivity index (χ0) is 16.8. The number of carbonyl (C=O) groups is 1. The number of benzene rings is 2. The Bertz CT molecular complexity index is 1070. The second-order valence-corrected chi connectivity index (χ2v) is 7.39. The molecule has 0 atom stereocenters. The highest BCUT2D eigenvalue weighted by atomic mass is 35.5. The number of rotatable bonds is 2. The number of nitrogens with zero attached hydrogens (tertiary/aromatic N) is 2.